The van der Waals surface area contributed by atoms with E-state index >= 15 is 0 Å². The summed E-state index contributed by atoms with van der Waals surface area (Å²) in [6.07, 6.45) is 17.6. The molecular formula is C33H43Cl2NO3. The average molecular weight is 573 g/mol. The number of nitrogens with zero attached hydrogens (tertiary/aromatic N) is 1. The minimum Gasteiger partial charge on any atom is -0.507 e. The number of aliphatic hydroxyl groups excluding tert-OH is 1. The molecule has 1 N–H and O–H groups in total. The molecule has 212 valence electrons. The molecule has 0 radical (unpaired) electrons. The van der Waals surface area contributed by atoms with Gasteiger partial charge in [0.2, 0.25) is 0 Å². The third-order valence-corrected chi connectivity index (χ3v) is 8.10. The molecule has 4 nitrogen and oxygen atoms in total. The van der Waals surface area contributed by atoms with Crippen molar-refractivity contribution in [3.8, 4) is 0 Å². The van der Waals surface area contributed by atoms with Gasteiger partial charge in [-0.2, -0.15) is 0 Å². The zero-order chi connectivity index (χ0) is 28.0. The highest BCUT2D eigenvalue weighted by atomic mass is 35.5. The lowest BCUT2D eigenvalue weighted by molar-refractivity contribution is -0.139. The molecule has 0 bridgehead atoms. The molecule has 1 atom stereocenters. The Morgan fingerprint density at radius 2 is 1.13 bits per heavy atom. The number of carbonyl (C=O) groups excluding carboxylic acids is 2. The molecule has 0 spiro atoms. The van der Waals surface area contributed by atoms with Crippen LogP contribution in [0.5, 0.6) is 0 Å². The normalized spacial score (nSPS) is 16.8. The topological polar surface area (TPSA) is 57.6 Å². The summed E-state index contributed by atoms with van der Waals surface area (Å²) in [6.45, 7) is 2.72. The van der Waals surface area contributed by atoms with E-state index in [-0.39, 0.29) is 11.3 Å². The largest absolute Gasteiger partial charge is 0.507 e. The van der Waals surface area contributed by atoms with Crippen LogP contribution in [0.15, 0.2) is 54.1 Å². The van der Waals surface area contributed by atoms with Crippen molar-refractivity contribution in [2.24, 2.45) is 0 Å². The highest BCUT2D eigenvalue weighted by Crippen LogP contribution is 2.40. The van der Waals surface area contributed by atoms with Gasteiger partial charge in [-0.3, -0.25) is 9.59 Å². The Labute approximate surface area is 244 Å². The maximum absolute atomic E-state index is 13.1. The van der Waals surface area contributed by atoms with Crippen LogP contribution in [0.3, 0.4) is 0 Å². The number of unbranched alkanes of at least 4 members (excludes halogenated alkanes) is 13. The van der Waals surface area contributed by atoms with Gasteiger partial charge in [0.15, 0.2) is 0 Å². The minimum atomic E-state index is -0.659. The summed E-state index contributed by atoms with van der Waals surface area (Å²) in [5, 5.41) is 12.2. The van der Waals surface area contributed by atoms with Crippen molar-refractivity contribution < 1.29 is 14.7 Å². The van der Waals surface area contributed by atoms with E-state index < -0.39 is 17.7 Å². The molecule has 6 heteroatoms. The quantitative estimate of drug-likeness (QED) is 0.0888. The SMILES string of the molecule is CCCCCCCCCCCCCCCCN1C(=O)C(=O)C(=C(O)c2ccc(Cl)cc2)[C@@H]1c1ccc(Cl)cc1. The summed E-state index contributed by atoms with van der Waals surface area (Å²) < 4.78 is 0. The first kappa shape index (κ1) is 31.2. The summed E-state index contributed by atoms with van der Waals surface area (Å²) in [5.41, 5.74) is 1.31. The number of hydrogen-bond acceptors (Lipinski definition) is 3. The number of ketones is 1. The van der Waals surface area contributed by atoms with Gasteiger partial charge in [-0.25, -0.2) is 0 Å². The van der Waals surface area contributed by atoms with Crippen molar-refractivity contribution in [2.45, 2.75) is 103 Å². The van der Waals surface area contributed by atoms with Gasteiger partial charge < -0.3 is 10.0 Å². The van der Waals surface area contributed by atoms with Gasteiger partial charge >= 0.3 is 0 Å². The van der Waals surface area contributed by atoms with Crippen LogP contribution in [0, 0.1) is 0 Å². The summed E-state index contributed by atoms with van der Waals surface area (Å²) >= 11 is 12.1. The summed E-state index contributed by atoms with van der Waals surface area (Å²) in [5.74, 6) is -1.42. The van der Waals surface area contributed by atoms with E-state index in [2.05, 4.69) is 6.92 Å². The van der Waals surface area contributed by atoms with Gasteiger partial charge in [0.25, 0.3) is 11.7 Å². The minimum absolute atomic E-state index is 0.106. The molecule has 2 aromatic rings. The monoisotopic (exact) mass is 571 g/mol. The number of Topliss-reactive ketones (excluding diaryl/α,β-unsaturated/α-hetero) is 1. The highest BCUT2D eigenvalue weighted by molar-refractivity contribution is 6.46. The third kappa shape index (κ3) is 9.39. The van der Waals surface area contributed by atoms with Gasteiger partial charge in [-0.05, 0) is 48.4 Å². The van der Waals surface area contributed by atoms with Gasteiger partial charge in [-0.15, -0.1) is 0 Å². The number of amides is 1. The van der Waals surface area contributed by atoms with Gasteiger partial charge in [0.05, 0.1) is 11.6 Å². The van der Waals surface area contributed by atoms with Crippen molar-refractivity contribution in [1.82, 2.24) is 4.90 Å². The molecule has 1 amide bonds. The molecule has 0 aromatic heterocycles. The maximum Gasteiger partial charge on any atom is 0.295 e. The number of rotatable bonds is 17. The predicted molar refractivity (Wildman–Crippen MR) is 162 cm³/mol. The van der Waals surface area contributed by atoms with E-state index in [4.69, 9.17) is 23.2 Å². The van der Waals surface area contributed by atoms with E-state index in [1.165, 1.54) is 70.6 Å². The Hall–Kier alpha value is -2.30. The van der Waals surface area contributed by atoms with Crippen molar-refractivity contribution in [3.05, 3.63) is 75.3 Å². The predicted octanol–water partition coefficient (Wildman–Crippen LogP) is 9.90. The number of halogens is 2. The van der Waals surface area contributed by atoms with Crippen LogP contribution in [0.1, 0.15) is 114 Å². The number of carbonyl (C=O) groups is 2. The van der Waals surface area contributed by atoms with Crippen LogP contribution >= 0.6 is 23.2 Å². The van der Waals surface area contributed by atoms with Crippen LogP contribution in [-0.4, -0.2) is 28.2 Å². The summed E-state index contributed by atoms with van der Waals surface area (Å²) in [7, 11) is 0. The Kier molecular flexibility index (Phi) is 13.4. The van der Waals surface area contributed by atoms with Gasteiger partial charge in [0.1, 0.15) is 5.76 Å². The maximum atomic E-state index is 13.1. The Balaban J connectivity index is 1.52. The first-order chi connectivity index (χ1) is 18.9. The number of benzene rings is 2. The Morgan fingerprint density at radius 3 is 1.62 bits per heavy atom. The third-order valence-electron chi connectivity index (χ3n) is 7.60. The Bertz CT molecular complexity index is 1080. The fraction of sp³-hybridized carbons (Fsp3) is 0.515. The van der Waals surface area contributed by atoms with Crippen LogP contribution in [0.4, 0.5) is 0 Å². The van der Waals surface area contributed by atoms with Crippen LogP contribution < -0.4 is 0 Å². The van der Waals surface area contributed by atoms with E-state index in [1.54, 1.807) is 41.3 Å². The lowest BCUT2D eigenvalue weighted by Crippen LogP contribution is -2.30. The van der Waals surface area contributed by atoms with Crippen LogP contribution in [0.25, 0.3) is 5.76 Å². The first-order valence-electron chi connectivity index (χ1n) is 14.7. The fourth-order valence-electron chi connectivity index (χ4n) is 5.34. The van der Waals surface area contributed by atoms with Crippen molar-refractivity contribution in [3.63, 3.8) is 0 Å². The smallest absolute Gasteiger partial charge is 0.295 e. The molecule has 1 aliphatic heterocycles. The number of hydrogen-bond donors (Lipinski definition) is 1. The standard InChI is InChI=1S/C33H43Cl2NO3/c1-2-3-4-5-6-7-8-9-10-11-12-13-14-15-24-36-30(25-16-20-27(34)21-17-25)29(32(38)33(36)39)31(37)26-18-22-28(35)23-19-26/h16-23,30,37H,2-15,24H2,1H3/t30-/m0/s1. The summed E-state index contributed by atoms with van der Waals surface area (Å²) in [4.78, 5) is 27.8. The highest BCUT2D eigenvalue weighted by Gasteiger charge is 2.45. The molecule has 0 unspecified atom stereocenters. The number of aliphatic hydroxyl groups is 1. The lowest BCUT2D eigenvalue weighted by atomic mass is 9.95. The zero-order valence-corrected chi connectivity index (χ0v) is 24.8. The lowest BCUT2D eigenvalue weighted by Gasteiger charge is -2.25. The van der Waals surface area contributed by atoms with Crippen molar-refractivity contribution in [1.29, 1.82) is 0 Å². The molecule has 1 saturated heterocycles. The van der Waals surface area contributed by atoms with E-state index in [0.717, 1.165) is 24.8 Å². The zero-order valence-electron chi connectivity index (χ0n) is 23.3. The van der Waals surface area contributed by atoms with Crippen molar-refractivity contribution in [2.75, 3.05) is 6.54 Å². The van der Waals surface area contributed by atoms with E-state index in [0.29, 0.717) is 22.2 Å². The summed E-state index contributed by atoms with van der Waals surface area (Å²) in [6, 6.07) is 13.1. The first-order valence-corrected chi connectivity index (χ1v) is 15.5. The second kappa shape index (κ2) is 16.7. The molecule has 39 heavy (non-hydrogen) atoms. The molecule has 1 aliphatic rings. The molecule has 1 heterocycles. The fourth-order valence-corrected chi connectivity index (χ4v) is 5.59. The average Bonchev–Trinajstić information content (AvgIpc) is 3.18. The van der Waals surface area contributed by atoms with Crippen LogP contribution in [-0.2, 0) is 9.59 Å². The van der Waals surface area contributed by atoms with Crippen molar-refractivity contribution >= 4 is 40.7 Å². The molecule has 3 rings (SSSR count). The number of likely N-dealkylation sites (tertiary alicyclic amines) is 1. The second-order valence-electron chi connectivity index (χ2n) is 10.6. The molecule has 1 fully saturated rings. The molecule has 0 aliphatic carbocycles. The molecule has 0 saturated carbocycles. The Morgan fingerprint density at radius 1 is 0.692 bits per heavy atom. The van der Waals surface area contributed by atoms with Gasteiger partial charge in [0, 0.05) is 22.2 Å². The van der Waals surface area contributed by atoms with E-state index in [1.807, 2.05) is 12.1 Å². The molecular weight excluding hydrogens is 529 g/mol. The second-order valence-corrected chi connectivity index (χ2v) is 11.5. The van der Waals surface area contributed by atoms with Gasteiger partial charge in [-0.1, -0.05) is 126 Å². The molecule has 2 aromatic carbocycles. The van der Waals surface area contributed by atoms with Crippen LogP contribution in [0.2, 0.25) is 10.0 Å². The van der Waals surface area contributed by atoms with E-state index in [9.17, 15) is 14.7 Å².